The molecule has 0 aliphatic rings. The quantitative estimate of drug-likeness (QED) is 0.294. The number of rotatable bonds is 6. The summed E-state index contributed by atoms with van der Waals surface area (Å²) in [5, 5.41) is 19.7. The number of aromatic nitrogens is 5. The van der Waals surface area contributed by atoms with Gasteiger partial charge in [-0.05, 0) is 29.0 Å². The van der Waals surface area contributed by atoms with E-state index in [-0.39, 0.29) is 29.3 Å². The zero-order chi connectivity index (χ0) is 23.1. The number of nitrogens with one attached hydrogen (secondary N) is 1. The number of fused-ring (bicyclic) bond motifs is 1. The van der Waals surface area contributed by atoms with Crippen LogP contribution < -0.4 is 16.6 Å². The molecule has 32 heavy (non-hydrogen) atoms. The highest BCUT2D eigenvalue weighted by Crippen LogP contribution is 2.40. The number of sulfone groups is 1. The number of pyridine rings is 1. The molecule has 4 rings (SSSR count). The molecule has 0 radical (unpaired) electrons. The number of para-hydroxylation sites is 1. The number of primary sulfonamides is 1. The Bertz CT molecular complexity index is 1540. The molecule has 0 unspecified atom stereocenters. The molecule has 0 atom stereocenters. The molecule has 12 nitrogen and oxygen atoms in total. The second-order valence-corrected chi connectivity index (χ2v) is 10.4. The predicted molar refractivity (Wildman–Crippen MR) is 117 cm³/mol. The van der Waals surface area contributed by atoms with E-state index < -0.39 is 35.4 Å². The van der Waals surface area contributed by atoms with Gasteiger partial charge in [0.05, 0.1) is 21.7 Å². The fourth-order valence-corrected chi connectivity index (χ4v) is 6.20. The second-order valence-electron chi connectivity index (χ2n) is 6.82. The normalized spacial score (nSPS) is 12.3. The third-order valence-electron chi connectivity index (χ3n) is 4.73. The van der Waals surface area contributed by atoms with Gasteiger partial charge in [-0.1, -0.05) is 24.3 Å². The largest absolute Gasteiger partial charge is 0.384 e. The molecule has 0 fully saturated rings. The van der Waals surface area contributed by atoms with E-state index in [9.17, 15) is 16.8 Å². The standard InChI is InChI=1S/C18H18N8O4S2/c19-8-9-31(27,28)13-6-5-11(12-3-1-2-10-4-7-14(20)22-16(10)12)15(17(13)32(21,29)30)18-23-25-26-24-18/h1-7H,8-9,19H2,(H2,20,22)(H2,21,29,30)(H,23,24,25,26). The van der Waals surface area contributed by atoms with Crippen molar-refractivity contribution in [3.63, 3.8) is 0 Å². The number of anilines is 1. The van der Waals surface area contributed by atoms with E-state index in [1.54, 1.807) is 30.3 Å². The zero-order valence-electron chi connectivity index (χ0n) is 16.4. The number of benzene rings is 2. The van der Waals surface area contributed by atoms with E-state index in [2.05, 4.69) is 25.6 Å². The van der Waals surface area contributed by atoms with Crippen LogP contribution in [-0.4, -0.2) is 54.7 Å². The van der Waals surface area contributed by atoms with Crippen molar-refractivity contribution in [2.24, 2.45) is 10.9 Å². The Labute approximate surface area is 182 Å². The summed E-state index contributed by atoms with van der Waals surface area (Å²) in [5.41, 5.74) is 12.4. The lowest BCUT2D eigenvalue weighted by Crippen LogP contribution is -2.22. The summed E-state index contributed by atoms with van der Waals surface area (Å²) in [7, 11) is -8.66. The van der Waals surface area contributed by atoms with Gasteiger partial charge in [0.2, 0.25) is 15.8 Å². The van der Waals surface area contributed by atoms with E-state index in [4.69, 9.17) is 16.6 Å². The highest BCUT2D eigenvalue weighted by Gasteiger charge is 2.32. The van der Waals surface area contributed by atoms with Gasteiger partial charge in [0.1, 0.15) is 10.7 Å². The monoisotopic (exact) mass is 474 g/mol. The molecule has 0 bridgehead atoms. The van der Waals surface area contributed by atoms with E-state index in [0.29, 0.717) is 11.1 Å². The van der Waals surface area contributed by atoms with Gasteiger partial charge >= 0.3 is 0 Å². The van der Waals surface area contributed by atoms with Crippen molar-refractivity contribution in [3.8, 4) is 22.5 Å². The molecular weight excluding hydrogens is 456 g/mol. The van der Waals surface area contributed by atoms with Gasteiger partial charge in [-0.15, -0.1) is 10.2 Å². The molecule has 7 N–H and O–H groups in total. The number of hydrogen-bond donors (Lipinski definition) is 4. The third kappa shape index (κ3) is 3.80. The van der Waals surface area contributed by atoms with E-state index in [1.165, 1.54) is 12.1 Å². The molecule has 2 aromatic heterocycles. The average molecular weight is 475 g/mol. The summed E-state index contributed by atoms with van der Waals surface area (Å²) < 4.78 is 51.0. The number of nitrogens with zero attached hydrogens (tertiary/aromatic N) is 4. The van der Waals surface area contributed by atoms with Crippen molar-refractivity contribution in [2.75, 3.05) is 18.0 Å². The van der Waals surface area contributed by atoms with Gasteiger partial charge in [0.15, 0.2) is 9.84 Å². The zero-order valence-corrected chi connectivity index (χ0v) is 18.1. The van der Waals surface area contributed by atoms with Crippen LogP contribution in [0.15, 0.2) is 52.3 Å². The van der Waals surface area contributed by atoms with Gasteiger partial charge in [-0.2, -0.15) is 5.21 Å². The minimum absolute atomic E-state index is 0.129. The van der Waals surface area contributed by atoms with E-state index >= 15 is 0 Å². The van der Waals surface area contributed by atoms with Crippen molar-refractivity contribution in [2.45, 2.75) is 9.79 Å². The summed E-state index contributed by atoms with van der Waals surface area (Å²) in [6.07, 6.45) is 0. The number of nitrogen functional groups attached to an aromatic ring is 1. The number of nitrogens with two attached hydrogens (primary N) is 3. The lowest BCUT2D eigenvalue weighted by atomic mass is 9.96. The maximum absolute atomic E-state index is 12.8. The highest BCUT2D eigenvalue weighted by molar-refractivity contribution is 7.93. The van der Waals surface area contributed by atoms with Crippen LogP contribution in [0.5, 0.6) is 0 Å². The van der Waals surface area contributed by atoms with Gasteiger partial charge in [0, 0.05) is 17.5 Å². The first-order valence-electron chi connectivity index (χ1n) is 9.15. The minimum Gasteiger partial charge on any atom is -0.384 e. The predicted octanol–water partition coefficient (Wildman–Crippen LogP) is 0.0439. The van der Waals surface area contributed by atoms with Crippen molar-refractivity contribution in [1.29, 1.82) is 0 Å². The van der Waals surface area contributed by atoms with Gasteiger partial charge in [-0.25, -0.2) is 27.0 Å². The Kier molecular flexibility index (Phi) is 5.37. The van der Waals surface area contributed by atoms with Crippen LogP contribution in [0, 0.1) is 0 Å². The molecular formula is C18H18N8O4S2. The molecule has 4 aromatic rings. The highest BCUT2D eigenvalue weighted by atomic mass is 32.2. The summed E-state index contributed by atoms with van der Waals surface area (Å²) in [6.45, 7) is -0.210. The van der Waals surface area contributed by atoms with Crippen molar-refractivity contribution in [1.82, 2.24) is 25.6 Å². The molecule has 0 amide bonds. The van der Waals surface area contributed by atoms with Crippen molar-refractivity contribution >= 4 is 36.6 Å². The Morgan fingerprint density at radius 2 is 1.75 bits per heavy atom. The van der Waals surface area contributed by atoms with E-state index in [0.717, 1.165) is 5.39 Å². The smallest absolute Gasteiger partial charge is 0.240 e. The first-order valence-corrected chi connectivity index (χ1v) is 12.4. The fourth-order valence-electron chi connectivity index (χ4n) is 3.45. The molecule has 2 heterocycles. The molecule has 14 heteroatoms. The van der Waals surface area contributed by atoms with Gasteiger partial charge in [-0.3, -0.25) is 0 Å². The maximum Gasteiger partial charge on any atom is 0.240 e. The summed E-state index contributed by atoms with van der Waals surface area (Å²) in [5.74, 6) is -0.387. The summed E-state index contributed by atoms with van der Waals surface area (Å²) >= 11 is 0. The second kappa shape index (κ2) is 7.90. The number of H-pyrrole nitrogens is 1. The molecule has 0 spiro atoms. The van der Waals surface area contributed by atoms with Gasteiger partial charge < -0.3 is 11.5 Å². The molecule has 0 aliphatic heterocycles. The average Bonchev–Trinajstić information content (AvgIpc) is 3.26. The number of tetrazole rings is 1. The SMILES string of the molecule is NCCS(=O)(=O)c1ccc(-c2cccc3ccc(N)nc23)c(-c2nn[nH]n2)c1S(N)(=O)=O. The maximum atomic E-state index is 12.8. The van der Waals surface area contributed by atoms with Crippen LogP contribution in [0.25, 0.3) is 33.4 Å². The molecule has 0 saturated heterocycles. The third-order valence-corrected chi connectivity index (χ3v) is 7.63. The Morgan fingerprint density at radius 1 is 0.969 bits per heavy atom. The Morgan fingerprint density at radius 3 is 2.41 bits per heavy atom. The lowest BCUT2D eigenvalue weighted by Gasteiger charge is -2.17. The van der Waals surface area contributed by atoms with Gasteiger partial charge in [0.25, 0.3) is 0 Å². The van der Waals surface area contributed by atoms with Crippen LogP contribution >= 0.6 is 0 Å². The topological polar surface area (TPSA) is 214 Å². The number of sulfonamides is 1. The fraction of sp³-hybridized carbons (Fsp3) is 0.111. The Hall–Kier alpha value is -3.46. The van der Waals surface area contributed by atoms with Crippen molar-refractivity contribution in [3.05, 3.63) is 42.5 Å². The van der Waals surface area contributed by atoms with Crippen LogP contribution in [0.1, 0.15) is 0 Å². The lowest BCUT2D eigenvalue weighted by molar-refractivity contribution is 0.583. The first-order chi connectivity index (χ1) is 15.1. The molecule has 166 valence electrons. The van der Waals surface area contributed by atoms with Crippen LogP contribution in [0.2, 0.25) is 0 Å². The minimum atomic E-state index is -4.57. The summed E-state index contributed by atoms with van der Waals surface area (Å²) in [4.78, 5) is 3.22. The number of hydrogen-bond acceptors (Lipinski definition) is 10. The van der Waals surface area contributed by atoms with Crippen LogP contribution in [0.4, 0.5) is 5.82 Å². The molecule has 0 aliphatic carbocycles. The number of aromatic amines is 1. The van der Waals surface area contributed by atoms with Crippen molar-refractivity contribution < 1.29 is 16.8 Å². The summed E-state index contributed by atoms with van der Waals surface area (Å²) in [6, 6.07) is 11.2. The molecule has 0 saturated carbocycles. The molecule has 2 aromatic carbocycles. The van der Waals surface area contributed by atoms with E-state index in [1.807, 2.05) is 0 Å². The Balaban J connectivity index is 2.19. The van der Waals surface area contributed by atoms with Crippen LogP contribution in [-0.2, 0) is 19.9 Å². The van der Waals surface area contributed by atoms with Crippen LogP contribution in [0.3, 0.4) is 0 Å². The first kappa shape index (κ1) is 21.8.